The molecule has 2 aliphatic rings. The Hall–Kier alpha value is -1.04. The zero-order valence-electron chi connectivity index (χ0n) is 10.4. The second-order valence-electron chi connectivity index (χ2n) is 5.50. The summed E-state index contributed by atoms with van der Waals surface area (Å²) >= 11 is 4.59. The molecule has 3 atom stereocenters. The van der Waals surface area contributed by atoms with Gasteiger partial charge in [-0.2, -0.15) is 0 Å². The monoisotopic (exact) mass is 277 g/mol. The number of fused-ring (bicyclic) bond motifs is 2. The fourth-order valence-electron chi connectivity index (χ4n) is 3.63. The van der Waals surface area contributed by atoms with Crippen LogP contribution in [0.2, 0.25) is 0 Å². The second-order valence-corrected chi connectivity index (χ2v) is 6.01. The number of rotatable bonds is 1. The second kappa shape index (κ2) is 4.23. The number of halogens is 1. The lowest BCUT2D eigenvalue weighted by molar-refractivity contribution is 0.439. The van der Waals surface area contributed by atoms with E-state index < -0.39 is 0 Å². The molecule has 0 radical (unpaired) electrons. The normalized spacial score (nSPS) is 31.2. The summed E-state index contributed by atoms with van der Waals surface area (Å²) in [5.74, 6) is 0.226. The van der Waals surface area contributed by atoms with Crippen molar-refractivity contribution >= 4 is 23.7 Å². The van der Waals surface area contributed by atoms with E-state index in [4.69, 9.17) is 0 Å². The van der Waals surface area contributed by atoms with E-state index in [1.54, 1.807) is 6.07 Å². The fourth-order valence-corrected chi connectivity index (χ4v) is 4.06. The molecular formula is C14H16FN3S. The van der Waals surface area contributed by atoms with E-state index in [0.717, 1.165) is 30.4 Å². The first-order valence-electron chi connectivity index (χ1n) is 6.69. The Bertz CT molecular complexity index is 626. The molecule has 0 bridgehead atoms. The molecule has 2 fully saturated rings. The van der Waals surface area contributed by atoms with E-state index >= 15 is 0 Å². The maximum Gasteiger partial charge on any atom is 0.125 e. The van der Waals surface area contributed by atoms with Gasteiger partial charge in [-0.15, -0.1) is 0 Å². The van der Waals surface area contributed by atoms with E-state index in [9.17, 15) is 4.39 Å². The number of hydrogen-bond acceptors (Lipinski definition) is 3. The van der Waals surface area contributed by atoms with Crippen LogP contribution in [0.25, 0.3) is 10.9 Å². The lowest BCUT2D eigenvalue weighted by atomic mass is 9.92. The first-order chi connectivity index (χ1) is 9.24. The summed E-state index contributed by atoms with van der Waals surface area (Å²) in [7, 11) is 0. The van der Waals surface area contributed by atoms with Gasteiger partial charge in [-0.05, 0) is 36.7 Å². The maximum atomic E-state index is 13.2. The Labute approximate surface area is 116 Å². The summed E-state index contributed by atoms with van der Waals surface area (Å²) in [4.78, 5) is 3.19. The molecule has 2 aromatic rings. The van der Waals surface area contributed by atoms with E-state index in [2.05, 4.69) is 27.4 Å². The highest BCUT2D eigenvalue weighted by atomic mass is 32.1. The highest BCUT2D eigenvalue weighted by Gasteiger charge is 2.44. The van der Waals surface area contributed by atoms with Gasteiger partial charge < -0.3 is 10.3 Å². The van der Waals surface area contributed by atoms with Crippen LogP contribution in [-0.4, -0.2) is 34.5 Å². The highest BCUT2D eigenvalue weighted by Crippen LogP contribution is 2.39. The molecule has 1 aromatic carbocycles. The molecular weight excluding hydrogens is 261 g/mol. The standard InChI is InChI=1S/C14H16FN3S/c15-8-1-2-9-10(6-17-12(9)5-8)11-7-18(19)13-3-4-16-14(11)13/h1-2,5-6,11,13-14,16-17,19H,3-4,7H2/t11-,13+,14+/m0/s1. The number of aromatic amines is 1. The average Bonchev–Trinajstić information content (AvgIpc) is 3.06. The first kappa shape index (κ1) is 11.8. The molecule has 0 saturated carbocycles. The maximum absolute atomic E-state index is 13.2. The van der Waals surface area contributed by atoms with Crippen LogP contribution in [-0.2, 0) is 0 Å². The topological polar surface area (TPSA) is 31.1 Å². The van der Waals surface area contributed by atoms with Crippen molar-refractivity contribution in [1.82, 2.24) is 14.6 Å². The minimum absolute atomic E-state index is 0.194. The van der Waals surface area contributed by atoms with Crippen molar-refractivity contribution in [2.24, 2.45) is 0 Å². The van der Waals surface area contributed by atoms with Crippen molar-refractivity contribution < 1.29 is 4.39 Å². The molecule has 100 valence electrons. The number of aromatic nitrogens is 1. The van der Waals surface area contributed by atoms with Gasteiger partial charge in [0.15, 0.2) is 0 Å². The molecule has 2 aliphatic heterocycles. The summed E-state index contributed by atoms with van der Waals surface area (Å²) in [6.07, 6.45) is 3.18. The van der Waals surface area contributed by atoms with E-state index in [1.807, 2.05) is 12.3 Å². The summed E-state index contributed by atoms with van der Waals surface area (Å²) in [5, 5.41) is 4.71. The third kappa shape index (κ3) is 1.72. The smallest absolute Gasteiger partial charge is 0.125 e. The molecule has 2 N–H and O–H groups in total. The molecule has 0 unspecified atom stereocenters. The van der Waals surface area contributed by atoms with E-state index in [0.29, 0.717) is 18.0 Å². The van der Waals surface area contributed by atoms with Gasteiger partial charge in [0.05, 0.1) is 0 Å². The minimum atomic E-state index is -0.194. The molecule has 4 rings (SSSR count). The first-order valence-corrected chi connectivity index (χ1v) is 7.09. The van der Waals surface area contributed by atoms with Crippen LogP contribution in [0, 0.1) is 5.82 Å². The summed E-state index contributed by atoms with van der Waals surface area (Å²) in [6, 6.07) is 5.94. The van der Waals surface area contributed by atoms with Crippen LogP contribution in [0.15, 0.2) is 24.4 Å². The van der Waals surface area contributed by atoms with Crippen molar-refractivity contribution in [1.29, 1.82) is 0 Å². The van der Waals surface area contributed by atoms with Crippen molar-refractivity contribution in [2.45, 2.75) is 24.4 Å². The van der Waals surface area contributed by atoms with Crippen LogP contribution in [0.3, 0.4) is 0 Å². The van der Waals surface area contributed by atoms with Gasteiger partial charge in [-0.25, -0.2) is 8.70 Å². The quantitative estimate of drug-likeness (QED) is 0.699. The van der Waals surface area contributed by atoms with Crippen molar-refractivity contribution in [3.05, 3.63) is 35.8 Å². The van der Waals surface area contributed by atoms with E-state index in [-0.39, 0.29) is 5.82 Å². The third-order valence-electron chi connectivity index (χ3n) is 4.51. The minimum Gasteiger partial charge on any atom is -0.361 e. The molecule has 3 heterocycles. The Morgan fingerprint density at radius 1 is 1.37 bits per heavy atom. The van der Waals surface area contributed by atoms with Crippen LogP contribution >= 0.6 is 12.8 Å². The molecule has 19 heavy (non-hydrogen) atoms. The van der Waals surface area contributed by atoms with Gasteiger partial charge >= 0.3 is 0 Å². The van der Waals surface area contributed by atoms with E-state index in [1.165, 1.54) is 11.6 Å². The van der Waals surface area contributed by atoms with Crippen LogP contribution in [0.5, 0.6) is 0 Å². The van der Waals surface area contributed by atoms with Crippen molar-refractivity contribution in [3.8, 4) is 0 Å². The van der Waals surface area contributed by atoms with Crippen molar-refractivity contribution in [3.63, 3.8) is 0 Å². The van der Waals surface area contributed by atoms with Crippen LogP contribution in [0.4, 0.5) is 4.39 Å². The molecule has 0 amide bonds. The van der Waals surface area contributed by atoms with Gasteiger partial charge in [0.1, 0.15) is 5.82 Å². The summed E-state index contributed by atoms with van der Waals surface area (Å²) in [5.41, 5.74) is 2.15. The van der Waals surface area contributed by atoms with Gasteiger partial charge in [-0.1, -0.05) is 12.8 Å². The van der Waals surface area contributed by atoms with Crippen molar-refractivity contribution in [2.75, 3.05) is 13.1 Å². The molecule has 0 aliphatic carbocycles. The van der Waals surface area contributed by atoms with Gasteiger partial charge in [0.2, 0.25) is 0 Å². The molecule has 0 spiro atoms. The largest absolute Gasteiger partial charge is 0.361 e. The van der Waals surface area contributed by atoms with Gasteiger partial charge in [0.25, 0.3) is 0 Å². The third-order valence-corrected chi connectivity index (χ3v) is 4.97. The molecule has 3 nitrogen and oxygen atoms in total. The Morgan fingerprint density at radius 2 is 2.26 bits per heavy atom. The number of benzene rings is 1. The van der Waals surface area contributed by atoms with Crippen LogP contribution < -0.4 is 5.32 Å². The SMILES string of the molecule is Fc1ccc2c([C@@H]3CN(S)[C@@H]4CCN[C@@H]43)c[nH]c2c1. The number of nitrogens with one attached hydrogen (secondary N) is 2. The Balaban J connectivity index is 1.78. The number of thiol groups is 1. The zero-order valence-corrected chi connectivity index (χ0v) is 11.3. The average molecular weight is 277 g/mol. The Morgan fingerprint density at radius 3 is 3.16 bits per heavy atom. The van der Waals surface area contributed by atoms with Crippen LogP contribution in [0.1, 0.15) is 17.9 Å². The van der Waals surface area contributed by atoms with Gasteiger partial charge in [0, 0.05) is 41.6 Å². The molecule has 1 aromatic heterocycles. The predicted molar refractivity (Wildman–Crippen MR) is 76.9 cm³/mol. The Kier molecular flexibility index (Phi) is 2.62. The van der Waals surface area contributed by atoms with Gasteiger partial charge in [-0.3, -0.25) is 0 Å². The predicted octanol–water partition coefficient (Wildman–Crippen LogP) is 2.28. The number of hydrogen-bond donors (Lipinski definition) is 3. The lowest BCUT2D eigenvalue weighted by Crippen LogP contribution is -2.32. The highest BCUT2D eigenvalue weighted by molar-refractivity contribution is 7.77. The summed E-state index contributed by atoms with van der Waals surface area (Å²) < 4.78 is 15.4. The lowest BCUT2D eigenvalue weighted by Gasteiger charge is -2.17. The fraction of sp³-hybridized carbons (Fsp3) is 0.429. The summed E-state index contributed by atoms with van der Waals surface area (Å²) in [6.45, 7) is 2.00. The number of nitrogens with zero attached hydrogens (tertiary/aromatic N) is 1. The number of H-pyrrole nitrogens is 1. The molecule has 5 heteroatoms. The molecule has 2 saturated heterocycles. The zero-order chi connectivity index (χ0) is 13.0.